The molecule has 1 saturated heterocycles. The molecule has 4 nitrogen and oxygen atoms in total. The molecule has 2 N–H and O–H groups in total. The van der Waals surface area contributed by atoms with Crippen LogP contribution in [0.5, 0.6) is 0 Å². The molecule has 0 atom stereocenters. The van der Waals surface area contributed by atoms with E-state index in [-0.39, 0.29) is 5.97 Å². The number of nitrogen functional groups attached to an aromatic ring is 1. The van der Waals surface area contributed by atoms with E-state index in [2.05, 4.69) is 18.7 Å². The van der Waals surface area contributed by atoms with Crippen LogP contribution in [0.2, 0.25) is 0 Å². The van der Waals surface area contributed by atoms with Gasteiger partial charge in [-0.3, -0.25) is 0 Å². The summed E-state index contributed by atoms with van der Waals surface area (Å²) in [4.78, 5) is 14.3. The van der Waals surface area contributed by atoms with Crippen molar-refractivity contribution in [2.75, 3.05) is 30.3 Å². The van der Waals surface area contributed by atoms with Gasteiger partial charge in [-0.2, -0.15) is 0 Å². The number of nitrogens with zero attached hydrogens (tertiary/aromatic N) is 1. The second-order valence-electron chi connectivity index (χ2n) is 6.06. The van der Waals surface area contributed by atoms with Crippen molar-refractivity contribution in [3.8, 4) is 0 Å². The Hall–Kier alpha value is -1.71. The van der Waals surface area contributed by atoms with Crippen molar-refractivity contribution in [3.63, 3.8) is 0 Å². The average molecular weight is 290 g/mol. The number of carbonyl (C=O) groups excluding carboxylic acids is 1. The zero-order valence-corrected chi connectivity index (χ0v) is 13.3. The molecule has 1 heterocycles. The molecule has 2 rings (SSSR count). The Labute approximate surface area is 127 Å². The zero-order chi connectivity index (χ0) is 15.4. The normalized spacial score (nSPS) is 16.3. The first kappa shape index (κ1) is 15.7. The molecule has 0 amide bonds. The van der Waals surface area contributed by atoms with Crippen molar-refractivity contribution < 1.29 is 9.53 Å². The largest absolute Gasteiger partial charge is 0.462 e. The molecular formula is C17H26N2O2. The van der Waals surface area contributed by atoms with Crippen molar-refractivity contribution >= 4 is 17.3 Å². The molecular weight excluding hydrogens is 264 g/mol. The third-order valence-electron chi connectivity index (χ3n) is 4.38. The fraction of sp³-hybridized carbons (Fsp3) is 0.588. The molecule has 0 bridgehead atoms. The summed E-state index contributed by atoms with van der Waals surface area (Å²) < 4.78 is 5.06. The molecule has 1 aliphatic rings. The molecule has 4 heteroatoms. The Bertz CT molecular complexity index is 492. The first-order chi connectivity index (χ1) is 10.0. The Morgan fingerprint density at radius 2 is 2.05 bits per heavy atom. The van der Waals surface area contributed by atoms with E-state index in [1.807, 2.05) is 12.1 Å². The van der Waals surface area contributed by atoms with Crippen molar-refractivity contribution in [2.45, 2.75) is 33.6 Å². The highest BCUT2D eigenvalue weighted by atomic mass is 16.5. The van der Waals surface area contributed by atoms with Gasteiger partial charge in [0.25, 0.3) is 0 Å². The van der Waals surface area contributed by atoms with E-state index < -0.39 is 0 Å². The van der Waals surface area contributed by atoms with Crippen LogP contribution in [-0.2, 0) is 4.74 Å². The maximum Gasteiger partial charge on any atom is 0.340 e. The van der Waals surface area contributed by atoms with Crippen LogP contribution in [0.25, 0.3) is 0 Å². The summed E-state index contributed by atoms with van der Waals surface area (Å²) in [6.45, 7) is 8.83. The first-order valence-corrected chi connectivity index (χ1v) is 7.84. The number of ether oxygens (including phenoxy) is 1. The number of benzene rings is 1. The Kier molecular flexibility index (Phi) is 5.10. The minimum atomic E-state index is -0.339. The fourth-order valence-corrected chi connectivity index (χ4v) is 2.95. The highest BCUT2D eigenvalue weighted by Crippen LogP contribution is 2.29. The summed E-state index contributed by atoms with van der Waals surface area (Å²) in [5.74, 6) is 1.21. The molecule has 0 spiro atoms. The summed E-state index contributed by atoms with van der Waals surface area (Å²) in [5, 5.41) is 0. The summed E-state index contributed by atoms with van der Waals surface area (Å²) in [6, 6.07) is 5.66. The predicted molar refractivity (Wildman–Crippen MR) is 86.6 cm³/mol. The van der Waals surface area contributed by atoms with E-state index in [9.17, 15) is 4.79 Å². The topological polar surface area (TPSA) is 55.6 Å². The average Bonchev–Trinajstić information content (AvgIpc) is 2.48. The van der Waals surface area contributed by atoms with Gasteiger partial charge >= 0.3 is 5.97 Å². The monoisotopic (exact) mass is 290 g/mol. The van der Waals surface area contributed by atoms with Gasteiger partial charge in [-0.25, -0.2) is 4.79 Å². The second kappa shape index (κ2) is 6.83. The van der Waals surface area contributed by atoms with Crippen LogP contribution < -0.4 is 10.6 Å². The smallest absolute Gasteiger partial charge is 0.340 e. The fourth-order valence-electron chi connectivity index (χ4n) is 2.95. The van der Waals surface area contributed by atoms with E-state index in [1.54, 1.807) is 13.0 Å². The lowest BCUT2D eigenvalue weighted by Crippen LogP contribution is -2.35. The van der Waals surface area contributed by atoms with Gasteiger partial charge in [0.2, 0.25) is 0 Å². The van der Waals surface area contributed by atoms with E-state index in [0.29, 0.717) is 17.9 Å². The molecule has 0 saturated carbocycles. The lowest BCUT2D eigenvalue weighted by Gasteiger charge is -2.35. The van der Waals surface area contributed by atoms with Gasteiger partial charge in [0.15, 0.2) is 0 Å². The van der Waals surface area contributed by atoms with Crippen LogP contribution >= 0.6 is 0 Å². The first-order valence-electron chi connectivity index (χ1n) is 7.84. The number of nitrogens with two attached hydrogens (primary N) is 1. The Morgan fingerprint density at radius 1 is 1.38 bits per heavy atom. The standard InChI is InChI=1S/C17H26N2O2/c1-4-21-17(20)15-11-14(5-6-16(15)18)19-9-7-13(8-10-19)12(2)3/h5-6,11-13H,4,7-10,18H2,1-3H3. The summed E-state index contributed by atoms with van der Waals surface area (Å²) in [7, 11) is 0. The van der Waals surface area contributed by atoms with Gasteiger partial charge in [-0.05, 0) is 49.8 Å². The van der Waals surface area contributed by atoms with Crippen LogP contribution in [0.4, 0.5) is 11.4 Å². The van der Waals surface area contributed by atoms with Crippen molar-refractivity contribution in [1.29, 1.82) is 0 Å². The van der Waals surface area contributed by atoms with Gasteiger partial charge in [0.1, 0.15) is 0 Å². The van der Waals surface area contributed by atoms with Crippen LogP contribution in [-0.4, -0.2) is 25.7 Å². The van der Waals surface area contributed by atoms with Crippen molar-refractivity contribution in [2.24, 2.45) is 11.8 Å². The van der Waals surface area contributed by atoms with Gasteiger partial charge < -0.3 is 15.4 Å². The van der Waals surface area contributed by atoms with Gasteiger partial charge in [-0.15, -0.1) is 0 Å². The summed E-state index contributed by atoms with van der Waals surface area (Å²) in [5.41, 5.74) is 7.91. The molecule has 1 aromatic carbocycles. The van der Waals surface area contributed by atoms with E-state index >= 15 is 0 Å². The SMILES string of the molecule is CCOC(=O)c1cc(N2CCC(C(C)C)CC2)ccc1N. The van der Waals surface area contributed by atoms with E-state index in [1.165, 1.54) is 12.8 Å². The van der Waals surface area contributed by atoms with Gasteiger partial charge in [0.05, 0.1) is 12.2 Å². The predicted octanol–water partition coefficient (Wildman–Crippen LogP) is 3.32. The Balaban J connectivity index is 2.11. The summed E-state index contributed by atoms with van der Waals surface area (Å²) >= 11 is 0. The molecule has 116 valence electrons. The number of anilines is 2. The highest BCUT2D eigenvalue weighted by molar-refractivity contribution is 5.96. The maximum atomic E-state index is 11.9. The van der Waals surface area contributed by atoms with Crippen molar-refractivity contribution in [1.82, 2.24) is 0 Å². The zero-order valence-electron chi connectivity index (χ0n) is 13.3. The maximum absolute atomic E-state index is 11.9. The molecule has 1 aliphatic heterocycles. The third kappa shape index (κ3) is 3.69. The number of hydrogen-bond acceptors (Lipinski definition) is 4. The minimum Gasteiger partial charge on any atom is -0.462 e. The molecule has 0 radical (unpaired) electrons. The van der Waals surface area contributed by atoms with E-state index in [0.717, 1.165) is 30.6 Å². The lowest BCUT2D eigenvalue weighted by molar-refractivity contribution is 0.0527. The number of carbonyl (C=O) groups is 1. The quantitative estimate of drug-likeness (QED) is 0.682. The Morgan fingerprint density at radius 3 is 2.62 bits per heavy atom. The second-order valence-corrected chi connectivity index (χ2v) is 6.06. The van der Waals surface area contributed by atoms with Crippen LogP contribution in [0.15, 0.2) is 18.2 Å². The number of piperidine rings is 1. The molecule has 0 aromatic heterocycles. The summed E-state index contributed by atoms with van der Waals surface area (Å²) in [6.07, 6.45) is 2.41. The van der Waals surface area contributed by atoms with Crippen LogP contribution in [0, 0.1) is 11.8 Å². The molecule has 1 aromatic rings. The van der Waals surface area contributed by atoms with Gasteiger partial charge in [-0.1, -0.05) is 13.8 Å². The molecule has 0 aliphatic carbocycles. The van der Waals surface area contributed by atoms with E-state index in [4.69, 9.17) is 10.5 Å². The molecule has 1 fully saturated rings. The van der Waals surface area contributed by atoms with Crippen LogP contribution in [0.3, 0.4) is 0 Å². The lowest BCUT2D eigenvalue weighted by atomic mass is 9.86. The van der Waals surface area contributed by atoms with Crippen LogP contribution in [0.1, 0.15) is 44.0 Å². The number of rotatable bonds is 4. The highest BCUT2D eigenvalue weighted by Gasteiger charge is 2.22. The van der Waals surface area contributed by atoms with Crippen molar-refractivity contribution in [3.05, 3.63) is 23.8 Å². The third-order valence-corrected chi connectivity index (χ3v) is 4.38. The number of esters is 1. The van der Waals surface area contributed by atoms with Gasteiger partial charge in [0, 0.05) is 24.5 Å². The molecule has 21 heavy (non-hydrogen) atoms. The minimum absolute atomic E-state index is 0.339. The number of hydrogen-bond donors (Lipinski definition) is 1. The molecule has 0 unspecified atom stereocenters.